The van der Waals surface area contributed by atoms with E-state index in [4.69, 9.17) is 4.74 Å². The molecule has 0 atom stereocenters. The molecule has 84 valence electrons. The van der Waals surface area contributed by atoms with Crippen molar-refractivity contribution in [3.05, 3.63) is 40.3 Å². The van der Waals surface area contributed by atoms with Crippen LogP contribution < -0.4 is 10.3 Å². The summed E-state index contributed by atoms with van der Waals surface area (Å²) >= 11 is 0. The smallest absolute Gasteiger partial charge is 0.274 e. The second-order valence-corrected chi connectivity index (χ2v) is 3.68. The number of ether oxygens (including phenoxy) is 1. The number of hydrogen-bond donors (Lipinski definition) is 1. The maximum Gasteiger partial charge on any atom is 0.274 e. The van der Waals surface area contributed by atoms with E-state index in [1.165, 1.54) is 4.68 Å². The van der Waals surface area contributed by atoms with Crippen molar-refractivity contribution < 1.29 is 4.74 Å². The second-order valence-electron chi connectivity index (χ2n) is 3.68. The standard InChI is InChI=1S/C12H14N2O2/c1-8-11(12(15)14(2)13-8)9-6-4-5-7-10(9)16-3/h4-7,13H,1-3H3. The zero-order chi connectivity index (χ0) is 11.7. The van der Waals surface area contributed by atoms with Gasteiger partial charge in [0, 0.05) is 18.3 Å². The van der Waals surface area contributed by atoms with Crippen LogP contribution >= 0.6 is 0 Å². The Morgan fingerprint density at radius 3 is 2.56 bits per heavy atom. The predicted molar refractivity (Wildman–Crippen MR) is 62.8 cm³/mol. The molecule has 0 amide bonds. The molecule has 1 heterocycles. The minimum absolute atomic E-state index is 0.0398. The summed E-state index contributed by atoms with van der Waals surface area (Å²) in [5, 5.41) is 2.97. The molecule has 16 heavy (non-hydrogen) atoms. The first-order chi connectivity index (χ1) is 7.65. The number of para-hydroxylation sites is 1. The summed E-state index contributed by atoms with van der Waals surface area (Å²) < 4.78 is 6.73. The van der Waals surface area contributed by atoms with Crippen LogP contribution in [0.15, 0.2) is 29.1 Å². The zero-order valence-electron chi connectivity index (χ0n) is 9.57. The fourth-order valence-electron chi connectivity index (χ4n) is 1.85. The lowest BCUT2D eigenvalue weighted by atomic mass is 10.1. The van der Waals surface area contributed by atoms with Crippen LogP contribution in [0.1, 0.15) is 5.69 Å². The monoisotopic (exact) mass is 218 g/mol. The highest BCUT2D eigenvalue weighted by Gasteiger charge is 2.14. The summed E-state index contributed by atoms with van der Waals surface area (Å²) in [4.78, 5) is 11.9. The highest BCUT2D eigenvalue weighted by Crippen LogP contribution is 2.28. The van der Waals surface area contributed by atoms with Gasteiger partial charge >= 0.3 is 0 Å². The van der Waals surface area contributed by atoms with Crippen molar-refractivity contribution in [3.8, 4) is 16.9 Å². The van der Waals surface area contributed by atoms with Crippen LogP contribution in [0.5, 0.6) is 5.75 Å². The first kappa shape index (κ1) is 10.5. The van der Waals surface area contributed by atoms with E-state index in [9.17, 15) is 4.79 Å². The number of aryl methyl sites for hydroxylation is 2. The van der Waals surface area contributed by atoms with Crippen molar-refractivity contribution >= 4 is 0 Å². The Labute approximate surface area is 93.5 Å². The summed E-state index contributed by atoms with van der Waals surface area (Å²) in [7, 11) is 3.31. The molecule has 2 aromatic rings. The van der Waals surface area contributed by atoms with Crippen molar-refractivity contribution in [1.29, 1.82) is 0 Å². The van der Waals surface area contributed by atoms with Crippen molar-refractivity contribution in [2.75, 3.05) is 7.11 Å². The molecule has 0 spiro atoms. The Balaban J connectivity index is 2.72. The fraction of sp³-hybridized carbons (Fsp3) is 0.250. The molecular formula is C12H14N2O2. The first-order valence-electron chi connectivity index (χ1n) is 5.04. The molecule has 0 unspecified atom stereocenters. The van der Waals surface area contributed by atoms with E-state index in [1.807, 2.05) is 31.2 Å². The third kappa shape index (κ3) is 1.52. The van der Waals surface area contributed by atoms with E-state index in [-0.39, 0.29) is 5.56 Å². The molecule has 4 heteroatoms. The highest BCUT2D eigenvalue weighted by molar-refractivity contribution is 5.71. The molecule has 1 aromatic heterocycles. The number of H-pyrrole nitrogens is 1. The van der Waals surface area contributed by atoms with E-state index in [0.717, 1.165) is 11.3 Å². The summed E-state index contributed by atoms with van der Waals surface area (Å²) in [5.74, 6) is 0.710. The lowest BCUT2D eigenvalue weighted by molar-refractivity contribution is 0.416. The van der Waals surface area contributed by atoms with Gasteiger partial charge in [0.15, 0.2) is 0 Å². The number of rotatable bonds is 2. The Bertz CT molecular complexity index is 567. The fourth-order valence-corrected chi connectivity index (χ4v) is 1.85. The van der Waals surface area contributed by atoms with Gasteiger partial charge in [-0.15, -0.1) is 0 Å². The van der Waals surface area contributed by atoms with Crippen LogP contribution in [0.2, 0.25) is 0 Å². The molecule has 1 N–H and O–H groups in total. The van der Waals surface area contributed by atoms with Crippen molar-refractivity contribution in [1.82, 2.24) is 9.78 Å². The van der Waals surface area contributed by atoms with Crippen LogP contribution in [0.3, 0.4) is 0 Å². The third-order valence-electron chi connectivity index (χ3n) is 2.61. The maximum absolute atomic E-state index is 11.9. The summed E-state index contributed by atoms with van der Waals surface area (Å²) in [6.07, 6.45) is 0. The summed E-state index contributed by atoms with van der Waals surface area (Å²) in [6, 6.07) is 7.51. The summed E-state index contributed by atoms with van der Waals surface area (Å²) in [6.45, 7) is 1.88. The molecule has 0 aliphatic carbocycles. The van der Waals surface area contributed by atoms with Crippen LogP contribution in [0, 0.1) is 6.92 Å². The molecule has 0 aliphatic heterocycles. The third-order valence-corrected chi connectivity index (χ3v) is 2.61. The molecule has 0 saturated heterocycles. The minimum Gasteiger partial charge on any atom is -0.496 e. The number of hydrogen-bond acceptors (Lipinski definition) is 2. The topological polar surface area (TPSA) is 47.0 Å². The van der Waals surface area contributed by atoms with Gasteiger partial charge in [0.2, 0.25) is 0 Å². The first-order valence-corrected chi connectivity index (χ1v) is 5.04. The van der Waals surface area contributed by atoms with Crippen molar-refractivity contribution in [2.45, 2.75) is 6.92 Å². The minimum atomic E-state index is -0.0398. The van der Waals surface area contributed by atoms with Gasteiger partial charge in [-0.3, -0.25) is 14.6 Å². The lowest BCUT2D eigenvalue weighted by Crippen LogP contribution is -2.13. The van der Waals surface area contributed by atoms with Gasteiger partial charge in [-0.1, -0.05) is 18.2 Å². The maximum atomic E-state index is 11.9. The molecule has 4 nitrogen and oxygen atoms in total. The number of methoxy groups -OCH3 is 1. The molecule has 0 fully saturated rings. The Hall–Kier alpha value is -1.97. The van der Waals surface area contributed by atoms with E-state index < -0.39 is 0 Å². The number of nitrogens with one attached hydrogen (secondary N) is 1. The van der Waals surface area contributed by atoms with Gasteiger partial charge in [-0.25, -0.2) is 0 Å². The van der Waals surface area contributed by atoms with Gasteiger partial charge in [-0.2, -0.15) is 0 Å². The second kappa shape index (κ2) is 3.89. The molecule has 0 bridgehead atoms. The Morgan fingerprint density at radius 1 is 1.31 bits per heavy atom. The number of aromatic amines is 1. The van der Waals surface area contributed by atoms with Crippen LogP contribution in [0.4, 0.5) is 0 Å². The predicted octanol–water partition coefficient (Wildman–Crippen LogP) is 1.70. The number of nitrogens with zero attached hydrogens (tertiary/aromatic N) is 1. The molecular weight excluding hydrogens is 204 g/mol. The van der Waals surface area contributed by atoms with Gasteiger partial charge in [0.1, 0.15) is 5.75 Å². The molecule has 1 aromatic carbocycles. The normalized spacial score (nSPS) is 10.4. The highest BCUT2D eigenvalue weighted by atomic mass is 16.5. The number of benzene rings is 1. The van der Waals surface area contributed by atoms with Gasteiger partial charge in [0.05, 0.1) is 12.7 Å². The average Bonchev–Trinajstić information content (AvgIpc) is 2.53. The SMILES string of the molecule is COc1ccccc1-c1c(C)[nH]n(C)c1=O. The Morgan fingerprint density at radius 2 is 2.00 bits per heavy atom. The molecule has 0 saturated carbocycles. The van der Waals surface area contributed by atoms with E-state index in [1.54, 1.807) is 14.2 Å². The Kier molecular flexibility index (Phi) is 2.56. The van der Waals surface area contributed by atoms with Crippen LogP contribution in [-0.2, 0) is 7.05 Å². The number of aromatic nitrogens is 2. The van der Waals surface area contributed by atoms with Crippen LogP contribution in [-0.4, -0.2) is 16.9 Å². The van der Waals surface area contributed by atoms with Crippen molar-refractivity contribution in [2.24, 2.45) is 7.05 Å². The van der Waals surface area contributed by atoms with E-state index in [2.05, 4.69) is 5.10 Å². The average molecular weight is 218 g/mol. The van der Waals surface area contributed by atoms with Gasteiger partial charge < -0.3 is 4.74 Å². The van der Waals surface area contributed by atoms with Gasteiger partial charge in [-0.05, 0) is 13.0 Å². The van der Waals surface area contributed by atoms with E-state index in [0.29, 0.717) is 11.3 Å². The lowest BCUT2D eigenvalue weighted by Gasteiger charge is -2.05. The largest absolute Gasteiger partial charge is 0.496 e. The van der Waals surface area contributed by atoms with Crippen LogP contribution in [0.25, 0.3) is 11.1 Å². The molecule has 2 rings (SSSR count). The van der Waals surface area contributed by atoms with E-state index >= 15 is 0 Å². The zero-order valence-corrected chi connectivity index (χ0v) is 9.57. The molecule has 0 radical (unpaired) electrons. The quantitative estimate of drug-likeness (QED) is 0.833. The molecule has 0 aliphatic rings. The summed E-state index contributed by atoms with van der Waals surface area (Å²) in [5.41, 5.74) is 2.29. The van der Waals surface area contributed by atoms with Gasteiger partial charge in [0.25, 0.3) is 5.56 Å². The van der Waals surface area contributed by atoms with Crippen molar-refractivity contribution in [3.63, 3.8) is 0 Å².